The SMILES string of the molecule is CCOc1cc(CN2CCN(C(=O)OC(C)(C)C)CC23CC3)ccc1Br. The number of hydrogen-bond donors (Lipinski definition) is 0. The molecule has 6 heteroatoms. The molecule has 1 amide bonds. The molecule has 2 aliphatic rings. The van der Waals surface area contributed by atoms with E-state index in [1.165, 1.54) is 5.56 Å². The number of hydrogen-bond acceptors (Lipinski definition) is 4. The van der Waals surface area contributed by atoms with Crippen LogP contribution in [0.1, 0.15) is 46.1 Å². The van der Waals surface area contributed by atoms with Gasteiger partial charge in [-0.2, -0.15) is 0 Å². The fourth-order valence-electron chi connectivity index (χ4n) is 3.49. The number of rotatable bonds is 4. The molecule has 3 rings (SSSR count). The second-order valence-electron chi connectivity index (χ2n) is 8.25. The molecule has 1 heterocycles. The van der Waals surface area contributed by atoms with E-state index in [1.807, 2.05) is 32.6 Å². The number of carbonyl (C=O) groups is 1. The van der Waals surface area contributed by atoms with Gasteiger partial charge in [0.15, 0.2) is 0 Å². The highest BCUT2D eigenvalue weighted by Gasteiger charge is 2.52. The van der Waals surface area contributed by atoms with Crippen LogP contribution in [0, 0.1) is 0 Å². The molecule has 1 aromatic carbocycles. The maximum absolute atomic E-state index is 12.4. The summed E-state index contributed by atoms with van der Waals surface area (Å²) in [6, 6.07) is 6.31. The number of ether oxygens (including phenoxy) is 2. The number of benzene rings is 1. The Kier molecular flexibility index (Phi) is 5.54. The van der Waals surface area contributed by atoms with E-state index >= 15 is 0 Å². The maximum Gasteiger partial charge on any atom is 0.410 e. The van der Waals surface area contributed by atoms with Crippen molar-refractivity contribution >= 4 is 22.0 Å². The Morgan fingerprint density at radius 3 is 2.62 bits per heavy atom. The Morgan fingerprint density at radius 1 is 1.27 bits per heavy atom. The summed E-state index contributed by atoms with van der Waals surface area (Å²) >= 11 is 3.54. The molecule has 1 saturated heterocycles. The van der Waals surface area contributed by atoms with E-state index in [4.69, 9.17) is 9.47 Å². The molecule has 0 atom stereocenters. The first-order valence-corrected chi connectivity index (χ1v) is 10.2. The summed E-state index contributed by atoms with van der Waals surface area (Å²) in [5.74, 6) is 0.891. The molecule has 1 aromatic rings. The van der Waals surface area contributed by atoms with Gasteiger partial charge in [0.2, 0.25) is 0 Å². The lowest BCUT2D eigenvalue weighted by Gasteiger charge is -2.42. The molecule has 0 bridgehead atoms. The van der Waals surface area contributed by atoms with Gasteiger partial charge < -0.3 is 14.4 Å². The van der Waals surface area contributed by atoms with Crippen LogP contribution in [-0.4, -0.2) is 53.3 Å². The van der Waals surface area contributed by atoms with Crippen molar-refractivity contribution < 1.29 is 14.3 Å². The van der Waals surface area contributed by atoms with Gasteiger partial charge in [0.1, 0.15) is 11.4 Å². The highest BCUT2D eigenvalue weighted by atomic mass is 79.9. The molecule has 144 valence electrons. The minimum atomic E-state index is -0.446. The van der Waals surface area contributed by atoms with E-state index in [0.717, 1.165) is 42.7 Å². The average Bonchev–Trinajstić information content (AvgIpc) is 3.31. The van der Waals surface area contributed by atoms with Crippen LogP contribution in [-0.2, 0) is 11.3 Å². The van der Waals surface area contributed by atoms with E-state index in [0.29, 0.717) is 13.2 Å². The summed E-state index contributed by atoms with van der Waals surface area (Å²) in [5, 5.41) is 0. The molecular formula is C20H29BrN2O3. The quantitative estimate of drug-likeness (QED) is 0.716. The summed E-state index contributed by atoms with van der Waals surface area (Å²) in [6.45, 7) is 11.6. The summed E-state index contributed by atoms with van der Waals surface area (Å²) in [4.78, 5) is 16.8. The number of halogens is 1. The Bertz CT molecular complexity index is 668. The third-order valence-corrected chi connectivity index (χ3v) is 5.60. The van der Waals surface area contributed by atoms with Crippen molar-refractivity contribution in [2.45, 2.75) is 58.2 Å². The van der Waals surface area contributed by atoms with Crippen molar-refractivity contribution in [3.05, 3.63) is 28.2 Å². The van der Waals surface area contributed by atoms with Gasteiger partial charge in [-0.15, -0.1) is 0 Å². The lowest BCUT2D eigenvalue weighted by Crippen LogP contribution is -2.56. The summed E-state index contributed by atoms with van der Waals surface area (Å²) < 4.78 is 12.2. The first kappa shape index (κ1) is 19.5. The largest absolute Gasteiger partial charge is 0.493 e. The number of nitrogens with zero attached hydrogens (tertiary/aromatic N) is 2. The summed E-state index contributed by atoms with van der Waals surface area (Å²) in [7, 11) is 0. The normalized spacial score (nSPS) is 19.5. The molecule has 26 heavy (non-hydrogen) atoms. The standard InChI is InChI=1S/C20H29BrN2O3/c1-5-25-17-12-15(6-7-16(17)21)13-23-11-10-22(14-20(23)8-9-20)18(24)26-19(2,3)4/h6-7,12H,5,8-11,13-14H2,1-4H3. The van der Waals surface area contributed by atoms with Crippen molar-refractivity contribution in [2.24, 2.45) is 0 Å². The number of carbonyl (C=O) groups excluding carboxylic acids is 1. The van der Waals surface area contributed by atoms with Crippen molar-refractivity contribution in [2.75, 3.05) is 26.2 Å². The minimum absolute atomic E-state index is 0.119. The Labute approximate surface area is 164 Å². The van der Waals surface area contributed by atoms with Gasteiger partial charge in [-0.25, -0.2) is 4.79 Å². The van der Waals surface area contributed by atoms with E-state index in [1.54, 1.807) is 0 Å². The Hall–Kier alpha value is -1.27. The van der Waals surface area contributed by atoms with Gasteiger partial charge in [0.25, 0.3) is 0 Å². The van der Waals surface area contributed by atoms with Crippen LogP contribution in [0.4, 0.5) is 4.79 Å². The fourth-order valence-corrected chi connectivity index (χ4v) is 3.85. The highest BCUT2D eigenvalue weighted by Crippen LogP contribution is 2.45. The van der Waals surface area contributed by atoms with Crippen LogP contribution >= 0.6 is 15.9 Å². The maximum atomic E-state index is 12.4. The van der Waals surface area contributed by atoms with Crippen molar-refractivity contribution in [1.82, 2.24) is 9.80 Å². The molecule has 2 fully saturated rings. The van der Waals surface area contributed by atoms with Crippen LogP contribution in [0.25, 0.3) is 0 Å². The molecule has 1 spiro atoms. The third-order valence-electron chi connectivity index (χ3n) is 4.94. The highest BCUT2D eigenvalue weighted by molar-refractivity contribution is 9.10. The van der Waals surface area contributed by atoms with Crippen LogP contribution in [0.3, 0.4) is 0 Å². The zero-order valence-corrected chi connectivity index (χ0v) is 17.8. The molecule has 0 radical (unpaired) electrons. The van der Waals surface area contributed by atoms with Gasteiger partial charge in [0.05, 0.1) is 11.1 Å². The molecular weight excluding hydrogens is 396 g/mol. The molecule has 1 saturated carbocycles. The third kappa shape index (κ3) is 4.52. The Balaban J connectivity index is 1.65. The van der Waals surface area contributed by atoms with Crippen LogP contribution < -0.4 is 4.74 Å². The van der Waals surface area contributed by atoms with E-state index in [9.17, 15) is 4.79 Å². The van der Waals surface area contributed by atoms with Crippen LogP contribution in [0.2, 0.25) is 0 Å². The first-order valence-electron chi connectivity index (χ1n) is 9.37. The molecule has 0 aromatic heterocycles. The predicted molar refractivity (Wildman–Crippen MR) is 105 cm³/mol. The zero-order chi connectivity index (χ0) is 18.9. The smallest absolute Gasteiger partial charge is 0.410 e. The number of piperazine rings is 1. The van der Waals surface area contributed by atoms with Gasteiger partial charge in [-0.1, -0.05) is 6.07 Å². The van der Waals surface area contributed by atoms with Gasteiger partial charge in [-0.05, 0) is 74.2 Å². The molecule has 0 N–H and O–H groups in total. The molecule has 1 aliphatic carbocycles. The average molecular weight is 425 g/mol. The second kappa shape index (κ2) is 7.39. The van der Waals surface area contributed by atoms with Gasteiger partial charge in [0, 0.05) is 31.7 Å². The Morgan fingerprint density at radius 2 is 2.00 bits per heavy atom. The molecule has 5 nitrogen and oxygen atoms in total. The van der Waals surface area contributed by atoms with Crippen molar-refractivity contribution in [3.63, 3.8) is 0 Å². The summed E-state index contributed by atoms with van der Waals surface area (Å²) in [5.41, 5.74) is 0.917. The first-order chi connectivity index (χ1) is 12.2. The van der Waals surface area contributed by atoms with Crippen molar-refractivity contribution in [1.29, 1.82) is 0 Å². The molecule has 1 aliphatic heterocycles. The zero-order valence-electron chi connectivity index (χ0n) is 16.2. The second-order valence-corrected chi connectivity index (χ2v) is 9.10. The molecule has 0 unspecified atom stereocenters. The topological polar surface area (TPSA) is 42.0 Å². The van der Waals surface area contributed by atoms with Crippen LogP contribution in [0.15, 0.2) is 22.7 Å². The predicted octanol–water partition coefficient (Wildman–Crippen LogP) is 4.43. The lowest BCUT2D eigenvalue weighted by molar-refractivity contribution is -0.00239. The lowest BCUT2D eigenvalue weighted by atomic mass is 10.1. The van der Waals surface area contributed by atoms with E-state index < -0.39 is 5.60 Å². The van der Waals surface area contributed by atoms with Crippen LogP contribution in [0.5, 0.6) is 5.75 Å². The monoisotopic (exact) mass is 424 g/mol. The number of amides is 1. The summed E-state index contributed by atoms with van der Waals surface area (Å²) in [6.07, 6.45) is 2.09. The van der Waals surface area contributed by atoms with E-state index in [-0.39, 0.29) is 11.6 Å². The van der Waals surface area contributed by atoms with E-state index in [2.05, 4.69) is 39.0 Å². The van der Waals surface area contributed by atoms with Gasteiger partial charge >= 0.3 is 6.09 Å². The minimum Gasteiger partial charge on any atom is -0.493 e. The van der Waals surface area contributed by atoms with Crippen molar-refractivity contribution in [3.8, 4) is 5.75 Å². The fraction of sp³-hybridized carbons (Fsp3) is 0.650. The van der Waals surface area contributed by atoms with Gasteiger partial charge in [-0.3, -0.25) is 4.90 Å².